The maximum atomic E-state index is 13.1. The van der Waals surface area contributed by atoms with Crippen molar-refractivity contribution in [3.63, 3.8) is 0 Å². The van der Waals surface area contributed by atoms with Gasteiger partial charge < -0.3 is 0 Å². The zero-order valence-corrected chi connectivity index (χ0v) is 26.8. The molecule has 0 saturated heterocycles. The van der Waals surface area contributed by atoms with Gasteiger partial charge in [0.05, 0.1) is 6.42 Å². The highest BCUT2D eigenvalue weighted by Crippen LogP contribution is 2.38. The molecule has 0 N–H and O–H groups in total. The van der Waals surface area contributed by atoms with Gasteiger partial charge >= 0.3 is 0 Å². The van der Waals surface area contributed by atoms with Gasteiger partial charge in [-0.2, -0.15) is 0 Å². The van der Waals surface area contributed by atoms with Gasteiger partial charge in [0.2, 0.25) is 0 Å². The number of hydrogen-bond donors (Lipinski definition) is 0. The van der Waals surface area contributed by atoms with Gasteiger partial charge in [0, 0.05) is 17.9 Å². The summed E-state index contributed by atoms with van der Waals surface area (Å²) in [5.74, 6) is 0.780. The van der Waals surface area contributed by atoms with E-state index < -0.39 is 0 Å². The van der Waals surface area contributed by atoms with Crippen LogP contribution in [-0.4, -0.2) is 17.3 Å². The molecule has 3 unspecified atom stereocenters. The van der Waals surface area contributed by atoms with E-state index in [1.165, 1.54) is 55.7 Å². The molecule has 0 bridgehead atoms. The molecule has 0 aliphatic heterocycles. The lowest BCUT2D eigenvalue weighted by Crippen LogP contribution is -2.30. The first-order valence-electron chi connectivity index (χ1n) is 15.9. The number of Topliss-reactive ketones (excluding diaryl/α,β-unsaturated/α-hetero) is 3. The third kappa shape index (κ3) is 11.2. The summed E-state index contributed by atoms with van der Waals surface area (Å²) in [6.07, 6.45) is 15.3. The minimum atomic E-state index is -0.0688. The molecule has 3 rings (SSSR count). The van der Waals surface area contributed by atoms with Crippen molar-refractivity contribution in [3.05, 3.63) is 45.5 Å². The summed E-state index contributed by atoms with van der Waals surface area (Å²) in [5, 5.41) is 0. The Hall–Kier alpha value is -2.03. The lowest BCUT2D eigenvalue weighted by atomic mass is 9.71. The van der Waals surface area contributed by atoms with E-state index in [4.69, 9.17) is 0 Å². The molecule has 1 aromatic rings. The summed E-state index contributed by atoms with van der Waals surface area (Å²) in [6.45, 7) is 18.5. The summed E-state index contributed by atoms with van der Waals surface area (Å²) < 4.78 is 0. The fraction of sp³-hybridized carbons (Fsp3) is 0.694. The molecule has 3 heteroatoms. The molecule has 0 spiro atoms. The number of aryl methyl sites for hydroxylation is 2. The van der Waals surface area contributed by atoms with Gasteiger partial charge in [0.15, 0.2) is 5.78 Å². The standard InChI is InChI=1S/C26H38O3.C7H12.C3H8/c1-7-10-21(22(9-3)24(28)12-17(5)27)13-19-14-23-20(8-2)11-16(4)18(6)26(23)25(29)15-19;1-7-5-3-2-4-6-7;1-3-2/h11,19,21-22H,7-10,12-15H2,1-6H3;5H,2-4,6H2,1H3;3H2,1-2H3. The van der Waals surface area contributed by atoms with Gasteiger partial charge in [-0.05, 0) is 113 Å². The van der Waals surface area contributed by atoms with Crippen molar-refractivity contribution < 1.29 is 14.4 Å². The van der Waals surface area contributed by atoms with Crippen molar-refractivity contribution in [3.8, 4) is 0 Å². The average Bonchev–Trinajstić information content (AvgIpc) is 2.87. The van der Waals surface area contributed by atoms with E-state index in [0.717, 1.165) is 49.7 Å². The van der Waals surface area contributed by atoms with Crippen LogP contribution in [0.1, 0.15) is 152 Å². The third-order valence-corrected chi connectivity index (χ3v) is 8.33. The van der Waals surface area contributed by atoms with E-state index in [-0.39, 0.29) is 41.5 Å². The summed E-state index contributed by atoms with van der Waals surface area (Å²) >= 11 is 0. The number of carbonyl (C=O) groups is 3. The Kier molecular flexibility index (Phi) is 16.5. The Labute approximate surface area is 240 Å². The minimum absolute atomic E-state index is 0.0452. The number of rotatable bonds is 10. The Morgan fingerprint density at radius 3 is 2.13 bits per heavy atom. The van der Waals surface area contributed by atoms with E-state index in [0.29, 0.717) is 6.42 Å². The van der Waals surface area contributed by atoms with Crippen LogP contribution in [0.5, 0.6) is 0 Å². The molecule has 0 aromatic heterocycles. The molecule has 0 amide bonds. The molecule has 1 aromatic carbocycles. The van der Waals surface area contributed by atoms with E-state index in [9.17, 15) is 14.4 Å². The molecule has 2 aliphatic rings. The van der Waals surface area contributed by atoms with Crippen molar-refractivity contribution in [2.45, 2.75) is 146 Å². The summed E-state index contributed by atoms with van der Waals surface area (Å²) in [6, 6.07) is 2.25. The zero-order valence-electron chi connectivity index (χ0n) is 26.8. The summed E-state index contributed by atoms with van der Waals surface area (Å²) in [4.78, 5) is 37.3. The molecule has 39 heavy (non-hydrogen) atoms. The van der Waals surface area contributed by atoms with Crippen molar-refractivity contribution in [1.82, 2.24) is 0 Å². The highest BCUT2D eigenvalue weighted by molar-refractivity contribution is 6.01. The van der Waals surface area contributed by atoms with E-state index in [1.54, 1.807) is 5.57 Å². The normalized spacial score (nSPS) is 17.9. The van der Waals surface area contributed by atoms with Gasteiger partial charge in [-0.1, -0.05) is 71.6 Å². The number of carbonyl (C=O) groups excluding carboxylic acids is 3. The fourth-order valence-electron chi connectivity index (χ4n) is 6.34. The molecule has 0 radical (unpaired) electrons. The highest BCUT2D eigenvalue weighted by atomic mass is 16.1. The van der Waals surface area contributed by atoms with Crippen LogP contribution in [0.25, 0.3) is 0 Å². The van der Waals surface area contributed by atoms with Crippen molar-refractivity contribution >= 4 is 17.3 Å². The fourth-order valence-corrected chi connectivity index (χ4v) is 6.34. The minimum Gasteiger partial charge on any atom is -0.300 e. The van der Waals surface area contributed by atoms with Gasteiger partial charge in [-0.15, -0.1) is 0 Å². The van der Waals surface area contributed by atoms with Crippen LogP contribution in [0.4, 0.5) is 0 Å². The Morgan fingerprint density at radius 1 is 1.00 bits per heavy atom. The first-order chi connectivity index (χ1) is 18.5. The topological polar surface area (TPSA) is 51.2 Å². The lowest BCUT2D eigenvalue weighted by molar-refractivity contribution is -0.129. The number of benzene rings is 1. The predicted octanol–water partition coefficient (Wildman–Crippen LogP) is 9.91. The molecule has 2 aliphatic carbocycles. The molecule has 220 valence electrons. The van der Waals surface area contributed by atoms with Gasteiger partial charge in [-0.25, -0.2) is 0 Å². The van der Waals surface area contributed by atoms with Crippen LogP contribution in [-0.2, 0) is 22.4 Å². The Morgan fingerprint density at radius 2 is 1.67 bits per heavy atom. The molecule has 0 heterocycles. The second-order valence-corrected chi connectivity index (χ2v) is 12.0. The molecular formula is C36H58O3. The maximum Gasteiger partial charge on any atom is 0.163 e. The first kappa shape index (κ1) is 35.0. The number of fused-ring (bicyclic) bond motifs is 1. The zero-order chi connectivity index (χ0) is 29.5. The smallest absolute Gasteiger partial charge is 0.163 e. The Bertz CT molecular complexity index is 968. The van der Waals surface area contributed by atoms with Crippen LogP contribution < -0.4 is 0 Å². The molecular weight excluding hydrogens is 480 g/mol. The number of ketones is 3. The van der Waals surface area contributed by atoms with Crippen LogP contribution in [0.15, 0.2) is 17.7 Å². The average molecular weight is 539 g/mol. The second-order valence-electron chi connectivity index (χ2n) is 12.0. The van der Waals surface area contributed by atoms with E-state index in [1.807, 2.05) is 6.92 Å². The summed E-state index contributed by atoms with van der Waals surface area (Å²) in [5.41, 5.74) is 7.44. The Balaban J connectivity index is 0.000000638. The lowest BCUT2D eigenvalue weighted by Gasteiger charge is -2.33. The van der Waals surface area contributed by atoms with Gasteiger partial charge in [-0.3, -0.25) is 14.4 Å². The third-order valence-electron chi connectivity index (χ3n) is 8.33. The van der Waals surface area contributed by atoms with Crippen LogP contribution in [0.2, 0.25) is 0 Å². The van der Waals surface area contributed by atoms with Crippen LogP contribution in [0.3, 0.4) is 0 Å². The number of hydrogen-bond acceptors (Lipinski definition) is 3. The first-order valence-corrected chi connectivity index (χ1v) is 15.9. The largest absolute Gasteiger partial charge is 0.300 e. The quantitative estimate of drug-likeness (QED) is 0.220. The predicted molar refractivity (Wildman–Crippen MR) is 167 cm³/mol. The maximum absolute atomic E-state index is 13.1. The van der Waals surface area contributed by atoms with Crippen LogP contribution in [0, 0.1) is 31.6 Å². The SMILES string of the molecule is CC1=CCCCC1.CCC.CCCC(CC1CC(=O)c2c(C)c(C)cc(CC)c2C1)C(CC)C(=O)CC(C)=O. The van der Waals surface area contributed by atoms with Crippen molar-refractivity contribution in [1.29, 1.82) is 0 Å². The second kappa shape index (κ2) is 18.3. The molecule has 3 nitrogen and oxygen atoms in total. The van der Waals surface area contributed by atoms with Crippen LogP contribution >= 0.6 is 0 Å². The molecule has 3 atom stereocenters. The number of allylic oxidation sites excluding steroid dienone is 2. The molecule has 0 saturated carbocycles. The highest BCUT2D eigenvalue weighted by Gasteiger charge is 2.33. The van der Waals surface area contributed by atoms with Crippen molar-refractivity contribution in [2.24, 2.45) is 17.8 Å². The van der Waals surface area contributed by atoms with E-state index >= 15 is 0 Å². The van der Waals surface area contributed by atoms with E-state index in [2.05, 4.69) is 60.6 Å². The van der Waals surface area contributed by atoms with Crippen molar-refractivity contribution in [2.75, 3.05) is 0 Å². The monoisotopic (exact) mass is 538 g/mol. The van der Waals surface area contributed by atoms with Gasteiger partial charge in [0.1, 0.15) is 11.6 Å². The molecule has 0 fully saturated rings. The van der Waals surface area contributed by atoms with Gasteiger partial charge in [0.25, 0.3) is 0 Å². The summed E-state index contributed by atoms with van der Waals surface area (Å²) in [7, 11) is 0.